The highest BCUT2D eigenvalue weighted by molar-refractivity contribution is 5.89. The number of ether oxygens (including phenoxy) is 1. The van der Waals surface area contributed by atoms with Gasteiger partial charge in [-0.05, 0) is 37.1 Å². The standard InChI is InChI=1S/C14H18FNO3/c1-10-8-16(5-2-6-19-10)9-11-7-12(15)3-4-13(11)14(17)18/h3-4,7,10H,2,5-6,8-9H2,1H3,(H,17,18). The molecular formula is C14H18FNO3. The van der Waals surface area contributed by atoms with Gasteiger partial charge in [0.2, 0.25) is 0 Å². The molecule has 1 aromatic rings. The summed E-state index contributed by atoms with van der Waals surface area (Å²) < 4.78 is 18.8. The van der Waals surface area contributed by atoms with Crippen LogP contribution in [0, 0.1) is 5.82 Å². The van der Waals surface area contributed by atoms with Gasteiger partial charge in [-0.25, -0.2) is 9.18 Å². The summed E-state index contributed by atoms with van der Waals surface area (Å²) >= 11 is 0. The van der Waals surface area contributed by atoms with Crippen LogP contribution >= 0.6 is 0 Å². The fraction of sp³-hybridized carbons (Fsp3) is 0.500. The molecule has 0 bridgehead atoms. The summed E-state index contributed by atoms with van der Waals surface area (Å²) in [4.78, 5) is 13.3. The molecule has 104 valence electrons. The summed E-state index contributed by atoms with van der Waals surface area (Å²) in [6.45, 7) is 4.71. The highest BCUT2D eigenvalue weighted by Gasteiger charge is 2.18. The molecule has 0 saturated carbocycles. The lowest BCUT2D eigenvalue weighted by molar-refractivity contribution is 0.0662. The molecule has 1 saturated heterocycles. The molecule has 0 amide bonds. The average Bonchev–Trinajstić information content (AvgIpc) is 2.53. The summed E-state index contributed by atoms with van der Waals surface area (Å²) in [5.41, 5.74) is 0.681. The molecule has 1 atom stereocenters. The first-order valence-corrected chi connectivity index (χ1v) is 6.42. The highest BCUT2D eigenvalue weighted by Crippen LogP contribution is 2.16. The number of carboxylic acids is 1. The Hall–Kier alpha value is -1.46. The second kappa shape index (κ2) is 6.12. The van der Waals surface area contributed by atoms with Crippen LogP contribution in [0.3, 0.4) is 0 Å². The number of carboxylic acid groups (broad SMARTS) is 1. The Kier molecular flexibility index (Phi) is 4.50. The predicted octanol–water partition coefficient (Wildman–Crippen LogP) is 2.13. The number of rotatable bonds is 3. The minimum atomic E-state index is -1.02. The first-order valence-electron chi connectivity index (χ1n) is 6.42. The third-order valence-corrected chi connectivity index (χ3v) is 3.23. The molecule has 1 aromatic carbocycles. The van der Waals surface area contributed by atoms with Crippen LogP contribution in [0.1, 0.15) is 29.3 Å². The third-order valence-electron chi connectivity index (χ3n) is 3.23. The molecule has 1 aliphatic rings. The monoisotopic (exact) mass is 267 g/mol. The van der Waals surface area contributed by atoms with Gasteiger partial charge in [0.05, 0.1) is 11.7 Å². The molecule has 0 radical (unpaired) electrons. The molecule has 4 nitrogen and oxygen atoms in total. The van der Waals surface area contributed by atoms with Crippen molar-refractivity contribution in [2.24, 2.45) is 0 Å². The van der Waals surface area contributed by atoms with Crippen LogP contribution in [0.2, 0.25) is 0 Å². The Balaban J connectivity index is 2.17. The number of halogens is 1. The van der Waals surface area contributed by atoms with Crippen LogP contribution in [0.15, 0.2) is 18.2 Å². The topological polar surface area (TPSA) is 49.8 Å². The van der Waals surface area contributed by atoms with Crippen molar-refractivity contribution in [3.8, 4) is 0 Å². The van der Waals surface area contributed by atoms with Gasteiger partial charge in [-0.1, -0.05) is 0 Å². The van der Waals surface area contributed by atoms with Gasteiger partial charge in [-0.2, -0.15) is 0 Å². The van der Waals surface area contributed by atoms with Gasteiger partial charge >= 0.3 is 5.97 Å². The smallest absolute Gasteiger partial charge is 0.336 e. The zero-order valence-corrected chi connectivity index (χ0v) is 10.9. The van der Waals surface area contributed by atoms with E-state index in [9.17, 15) is 9.18 Å². The van der Waals surface area contributed by atoms with Crippen molar-refractivity contribution in [3.63, 3.8) is 0 Å². The van der Waals surface area contributed by atoms with E-state index in [1.165, 1.54) is 18.2 Å². The fourth-order valence-corrected chi connectivity index (χ4v) is 2.37. The van der Waals surface area contributed by atoms with Crippen molar-refractivity contribution in [2.45, 2.75) is 26.0 Å². The van der Waals surface area contributed by atoms with Crippen molar-refractivity contribution in [1.82, 2.24) is 4.90 Å². The number of benzene rings is 1. The van der Waals surface area contributed by atoms with Crippen LogP contribution in [-0.4, -0.2) is 41.8 Å². The first kappa shape index (κ1) is 14.0. The van der Waals surface area contributed by atoms with Crippen LogP contribution in [0.5, 0.6) is 0 Å². The fourth-order valence-electron chi connectivity index (χ4n) is 2.37. The Morgan fingerprint density at radius 3 is 3.11 bits per heavy atom. The maximum absolute atomic E-state index is 13.3. The maximum atomic E-state index is 13.3. The van der Waals surface area contributed by atoms with Crippen molar-refractivity contribution < 1.29 is 19.0 Å². The lowest BCUT2D eigenvalue weighted by atomic mass is 10.1. The molecule has 19 heavy (non-hydrogen) atoms. The van der Waals surface area contributed by atoms with E-state index < -0.39 is 11.8 Å². The van der Waals surface area contributed by atoms with Gasteiger partial charge < -0.3 is 9.84 Å². The van der Waals surface area contributed by atoms with E-state index in [1.54, 1.807) is 0 Å². The molecule has 1 fully saturated rings. The lowest BCUT2D eigenvalue weighted by Gasteiger charge is -2.22. The number of nitrogens with zero attached hydrogens (tertiary/aromatic N) is 1. The minimum Gasteiger partial charge on any atom is -0.478 e. The van der Waals surface area contributed by atoms with Gasteiger partial charge in [0.25, 0.3) is 0 Å². The summed E-state index contributed by atoms with van der Waals surface area (Å²) in [6.07, 6.45) is 1.02. The maximum Gasteiger partial charge on any atom is 0.336 e. The summed E-state index contributed by atoms with van der Waals surface area (Å²) in [5, 5.41) is 9.13. The number of hydrogen-bond donors (Lipinski definition) is 1. The van der Waals surface area contributed by atoms with Gasteiger partial charge in [0, 0.05) is 26.2 Å². The predicted molar refractivity (Wildman–Crippen MR) is 68.7 cm³/mol. The van der Waals surface area contributed by atoms with Crippen molar-refractivity contribution in [3.05, 3.63) is 35.1 Å². The van der Waals surface area contributed by atoms with Crippen LogP contribution in [0.4, 0.5) is 4.39 Å². The van der Waals surface area contributed by atoms with E-state index in [0.717, 1.165) is 19.5 Å². The van der Waals surface area contributed by atoms with E-state index in [0.29, 0.717) is 18.7 Å². The van der Waals surface area contributed by atoms with Gasteiger partial charge in [0.1, 0.15) is 5.82 Å². The molecule has 0 spiro atoms. The molecule has 0 aliphatic carbocycles. The van der Waals surface area contributed by atoms with Gasteiger partial charge in [-0.3, -0.25) is 4.90 Å². The van der Waals surface area contributed by atoms with E-state index in [-0.39, 0.29) is 11.7 Å². The van der Waals surface area contributed by atoms with Crippen molar-refractivity contribution in [1.29, 1.82) is 0 Å². The van der Waals surface area contributed by atoms with Crippen LogP contribution < -0.4 is 0 Å². The van der Waals surface area contributed by atoms with Crippen LogP contribution in [-0.2, 0) is 11.3 Å². The van der Waals surface area contributed by atoms with Gasteiger partial charge in [-0.15, -0.1) is 0 Å². The van der Waals surface area contributed by atoms with E-state index in [4.69, 9.17) is 9.84 Å². The quantitative estimate of drug-likeness (QED) is 0.911. The average molecular weight is 267 g/mol. The lowest BCUT2D eigenvalue weighted by Crippen LogP contribution is -2.30. The number of carbonyl (C=O) groups is 1. The molecule has 1 heterocycles. The minimum absolute atomic E-state index is 0.115. The SMILES string of the molecule is CC1CN(Cc2cc(F)ccc2C(=O)O)CCCO1. The molecule has 1 unspecified atom stereocenters. The Morgan fingerprint density at radius 2 is 2.37 bits per heavy atom. The highest BCUT2D eigenvalue weighted by atomic mass is 19.1. The van der Waals surface area contributed by atoms with Gasteiger partial charge in [0.15, 0.2) is 0 Å². The molecule has 1 N–H and O–H groups in total. The van der Waals surface area contributed by atoms with Crippen LogP contribution in [0.25, 0.3) is 0 Å². The zero-order chi connectivity index (χ0) is 13.8. The molecular weight excluding hydrogens is 249 g/mol. The Bertz CT molecular complexity index is 464. The second-order valence-corrected chi connectivity index (χ2v) is 4.88. The number of hydrogen-bond acceptors (Lipinski definition) is 3. The first-order chi connectivity index (χ1) is 9.06. The second-order valence-electron chi connectivity index (χ2n) is 4.88. The molecule has 1 aliphatic heterocycles. The third kappa shape index (κ3) is 3.75. The number of aromatic carboxylic acids is 1. The zero-order valence-electron chi connectivity index (χ0n) is 10.9. The Labute approximate surface area is 111 Å². The van der Waals surface area contributed by atoms with E-state index in [1.807, 2.05) is 6.92 Å². The summed E-state index contributed by atoms with van der Waals surface area (Å²) in [5.74, 6) is -1.42. The Morgan fingerprint density at radius 1 is 1.58 bits per heavy atom. The van der Waals surface area contributed by atoms with E-state index >= 15 is 0 Å². The largest absolute Gasteiger partial charge is 0.478 e. The van der Waals surface area contributed by atoms with Crippen molar-refractivity contribution in [2.75, 3.05) is 19.7 Å². The molecule has 0 aromatic heterocycles. The normalized spacial score (nSPS) is 21.1. The summed E-state index contributed by atoms with van der Waals surface area (Å²) in [7, 11) is 0. The van der Waals surface area contributed by atoms with Crippen molar-refractivity contribution >= 4 is 5.97 Å². The van der Waals surface area contributed by atoms with E-state index in [2.05, 4.69) is 4.90 Å². The molecule has 5 heteroatoms. The summed E-state index contributed by atoms with van der Waals surface area (Å²) in [6, 6.07) is 3.81. The molecule has 2 rings (SSSR count).